The van der Waals surface area contributed by atoms with Crippen molar-refractivity contribution in [2.24, 2.45) is 0 Å². The van der Waals surface area contributed by atoms with E-state index in [4.69, 9.17) is 4.74 Å². The van der Waals surface area contributed by atoms with Crippen molar-refractivity contribution < 1.29 is 46.2 Å². The summed E-state index contributed by atoms with van der Waals surface area (Å²) in [5.74, 6) is 0.927. The van der Waals surface area contributed by atoms with Crippen molar-refractivity contribution in [3.63, 3.8) is 0 Å². The quantitative estimate of drug-likeness (QED) is 0.308. The Morgan fingerprint density at radius 1 is 0.771 bits per heavy atom. The molecule has 3 aromatic rings. The normalized spacial score (nSPS) is 14.9. The van der Waals surface area contributed by atoms with E-state index in [0.717, 1.165) is 56.8 Å². The summed E-state index contributed by atoms with van der Waals surface area (Å²) < 4.78 is 33.1. The standard InChI is InChI=1S/C29H33F2N2O.Y/c1-23(21-24-5-3-2-4-6-24)22-33-17-15-32(16-18-33)19-20-34-29(25-7-11-27(30)12-8-25)26-9-13-28(31)14-10-26;/h2-14,29H,15-22H2,1H3;/q-1;. The van der Waals surface area contributed by atoms with E-state index in [9.17, 15) is 8.78 Å². The van der Waals surface area contributed by atoms with Crippen LogP contribution in [0.5, 0.6) is 0 Å². The van der Waals surface area contributed by atoms with Crippen molar-refractivity contribution in [2.75, 3.05) is 45.9 Å². The third-order valence-electron chi connectivity index (χ3n) is 6.34. The van der Waals surface area contributed by atoms with Crippen LogP contribution in [0.1, 0.15) is 29.7 Å². The zero-order valence-corrected chi connectivity index (χ0v) is 23.2. The van der Waals surface area contributed by atoms with E-state index in [-0.39, 0.29) is 50.4 Å². The average molecular weight is 552 g/mol. The van der Waals surface area contributed by atoms with Gasteiger partial charge in [-0.05, 0) is 35.4 Å². The van der Waals surface area contributed by atoms with Gasteiger partial charge in [0.2, 0.25) is 0 Å². The molecule has 3 nitrogen and oxygen atoms in total. The van der Waals surface area contributed by atoms with Crippen LogP contribution < -0.4 is 0 Å². The second kappa shape index (κ2) is 14.3. The maximum absolute atomic E-state index is 13.4. The van der Waals surface area contributed by atoms with Crippen LogP contribution in [0.15, 0.2) is 78.9 Å². The van der Waals surface area contributed by atoms with Gasteiger partial charge in [0.15, 0.2) is 0 Å². The van der Waals surface area contributed by atoms with Gasteiger partial charge in [-0.3, -0.25) is 10.8 Å². The Morgan fingerprint density at radius 3 is 1.83 bits per heavy atom. The molecule has 183 valence electrons. The number of hydrogen-bond acceptors (Lipinski definition) is 3. The Hall–Kier alpha value is -1.50. The molecule has 0 saturated carbocycles. The Labute approximate surface area is 233 Å². The van der Waals surface area contributed by atoms with Crippen LogP contribution in [0.3, 0.4) is 0 Å². The molecule has 6 heteroatoms. The molecule has 0 aromatic heterocycles. The van der Waals surface area contributed by atoms with E-state index in [0.29, 0.717) is 6.61 Å². The van der Waals surface area contributed by atoms with Gasteiger partial charge in [0.25, 0.3) is 0 Å². The van der Waals surface area contributed by atoms with Gasteiger partial charge in [-0.25, -0.2) is 8.78 Å². The van der Waals surface area contributed by atoms with Crippen molar-refractivity contribution in [3.8, 4) is 0 Å². The van der Waals surface area contributed by atoms with Crippen molar-refractivity contribution in [1.29, 1.82) is 0 Å². The minimum atomic E-state index is -0.349. The van der Waals surface area contributed by atoms with E-state index < -0.39 is 0 Å². The van der Waals surface area contributed by atoms with Gasteiger partial charge in [0.1, 0.15) is 17.7 Å². The number of rotatable bonds is 10. The smallest absolute Gasteiger partial charge is 0.123 e. The minimum absolute atomic E-state index is 0. The number of hydrogen-bond donors (Lipinski definition) is 0. The largest absolute Gasteiger partial charge is 0.367 e. The number of piperazine rings is 1. The molecule has 0 bridgehead atoms. The summed E-state index contributed by atoms with van der Waals surface area (Å²) in [7, 11) is 0. The molecule has 4 rings (SSSR count). The molecule has 0 aliphatic carbocycles. The number of nitrogens with zero attached hydrogens (tertiary/aromatic N) is 2. The first-order valence-corrected chi connectivity index (χ1v) is 12.0. The topological polar surface area (TPSA) is 15.7 Å². The summed E-state index contributed by atoms with van der Waals surface area (Å²) in [5.41, 5.74) is 3.09. The molecule has 1 aliphatic rings. The van der Waals surface area contributed by atoms with Gasteiger partial charge in [-0.2, -0.15) is 13.3 Å². The van der Waals surface area contributed by atoms with Crippen LogP contribution in [-0.4, -0.2) is 55.7 Å². The molecular formula is C29H33F2N2OY-. The van der Waals surface area contributed by atoms with Crippen LogP contribution in [0, 0.1) is 17.6 Å². The Morgan fingerprint density at radius 2 is 1.29 bits per heavy atom. The third-order valence-corrected chi connectivity index (χ3v) is 6.34. The van der Waals surface area contributed by atoms with E-state index in [1.54, 1.807) is 24.3 Å². The fourth-order valence-corrected chi connectivity index (χ4v) is 4.51. The molecule has 0 atom stereocenters. The molecule has 1 aliphatic heterocycles. The van der Waals surface area contributed by atoms with Crippen LogP contribution in [0.2, 0.25) is 0 Å². The fourth-order valence-electron chi connectivity index (χ4n) is 4.51. The van der Waals surface area contributed by atoms with Gasteiger partial charge in [-0.15, -0.1) is 6.54 Å². The van der Waals surface area contributed by atoms with Crippen molar-refractivity contribution in [1.82, 2.24) is 9.80 Å². The molecular weight excluding hydrogens is 519 g/mol. The SMILES string of the molecule is C[C-](Cc1ccccc1)CN1CCN(CCOC(c2ccc(F)cc2)c2ccc(F)cc2)CC1.[Y]. The van der Waals surface area contributed by atoms with E-state index in [1.165, 1.54) is 35.7 Å². The maximum atomic E-state index is 13.4. The molecule has 0 N–H and O–H groups in total. The van der Waals surface area contributed by atoms with Crippen molar-refractivity contribution in [3.05, 3.63) is 113 Å². The number of ether oxygens (including phenoxy) is 1. The maximum Gasteiger partial charge on any atom is 0.123 e. The summed E-state index contributed by atoms with van der Waals surface area (Å²) >= 11 is 0. The first-order chi connectivity index (χ1) is 16.6. The van der Waals surface area contributed by atoms with E-state index in [2.05, 4.69) is 47.1 Å². The van der Waals surface area contributed by atoms with Crippen molar-refractivity contribution in [2.45, 2.75) is 19.4 Å². The molecule has 1 heterocycles. The van der Waals surface area contributed by atoms with Gasteiger partial charge in [-0.1, -0.05) is 60.2 Å². The Kier molecular flexibility index (Phi) is 11.5. The molecule has 1 fully saturated rings. The van der Waals surface area contributed by atoms with Crippen LogP contribution in [-0.2, 0) is 43.9 Å². The zero-order chi connectivity index (χ0) is 23.8. The van der Waals surface area contributed by atoms with E-state index >= 15 is 0 Å². The summed E-state index contributed by atoms with van der Waals surface area (Å²) in [5, 5.41) is 0. The second-order valence-corrected chi connectivity index (χ2v) is 9.09. The summed E-state index contributed by atoms with van der Waals surface area (Å²) in [6.45, 7) is 8.79. The Bertz CT molecular complexity index is 948. The summed E-state index contributed by atoms with van der Waals surface area (Å²) in [4.78, 5) is 4.95. The average Bonchev–Trinajstić information content (AvgIpc) is 2.85. The predicted molar refractivity (Wildman–Crippen MR) is 133 cm³/mol. The fraction of sp³-hybridized carbons (Fsp3) is 0.345. The van der Waals surface area contributed by atoms with Crippen LogP contribution in [0.25, 0.3) is 0 Å². The van der Waals surface area contributed by atoms with Gasteiger partial charge >= 0.3 is 0 Å². The van der Waals surface area contributed by atoms with Crippen LogP contribution in [0.4, 0.5) is 8.78 Å². The van der Waals surface area contributed by atoms with Gasteiger partial charge < -0.3 is 9.64 Å². The summed E-state index contributed by atoms with van der Waals surface area (Å²) in [6, 6.07) is 23.3. The molecule has 1 radical (unpaired) electrons. The van der Waals surface area contributed by atoms with E-state index in [1.807, 2.05) is 0 Å². The minimum Gasteiger partial charge on any atom is -0.367 e. The second-order valence-electron chi connectivity index (χ2n) is 9.09. The molecule has 0 unspecified atom stereocenters. The summed E-state index contributed by atoms with van der Waals surface area (Å²) in [6.07, 6.45) is 0.681. The van der Waals surface area contributed by atoms with Crippen molar-refractivity contribution >= 4 is 0 Å². The molecule has 0 spiro atoms. The first kappa shape index (κ1) is 28.1. The van der Waals surface area contributed by atoms with Crippen LogP contribution >= 0.6 is 0 Å². The van der Waals surface area contributed by atoms with Gasteiger partial charge in [0, 0.05) is 65.4 Å². The molecule has 35 heavy (non-hydrogen) atoms. The number of benzene rings is 3. The monoisotopic (exact) mass is 552 g/mol. The van der Waals surface area contributed by atoms with Gasteiger partial charge in [0.05, 0.1) is 6.61 Å². The molecule has 3 aromatic carbocycles. The first-order valence-electron chi connectivity index (χ1n) is 12.0. The predicted octanol–water partition coefficient (Wildman–Crippen LogP) is 5.52. The Balaban J connectivity index is 0.00000342. The zero-order valence-electron chi connectivity index (χ0n) is 20.4. The third kappa shape index (κ3) is 8.84. The number of halogens is 2. The molecule has 0 amide bonds. The molecule has 1 saturated heterocycles.